The smallest absolute Gasteiger partial charge is 0.345 e. The first-order valence-corrected chi connectivity index (χ1v) is 6.01. The summed E-state index contributed by atoms with van der Waals surface area (Å²) in [7, 11) is 0. The van der Waals surface area contributed by atoms with Gasteiger partial charge in [-0.15, -0.1) is 22.9 Å². The van der Waals surface area contributed by atoms with Gasteiger partial charge >= 0.3 is 5.97 Å². The molecule has 84 valence electrons. The van der Waals surface area contributed by atoms with Crippen LogP contribution in [0.4, 0.5) is 0 Å². The molecule has 0 spiro atoms. The zero-order valence-corrected chi connectivity index (χ0v) is 9.85. The number of ether oxygens (including phenoxy) is 1. The molecule has 5 heteroatoms. The van der Waals surface area contributed by atoms with Crippen LogP contribution in [0, 0.1) is 0 Å². The molecule has 1 aromatic heterocycles. The van der Waals surface area contributed by atoms with Gasteiger partial charge < -0.3 is 9.84 Å². The number of hydrogen-bond acceptors (Lipinski definition) is 3. The van der Waals surface area contributed by atoms with Gasteiger partial charge in [0.1, 0.15) is 17.2 Å². The highest BCUT2D eigenvalue weighted by atomic mass is 35.5. The van der Waals surface area contributed by atoms with Crippen molar-refractivity contribution in [3.8, 4) is 5.75 Å². The Bertz CT molecular complexity index is 521. The average Bonchev–Trinajstić information content (AvgIpc) is 2.69. The minimum atomic E-state index is -0.899. The first-order chi connectivity index (χ1) is 7.70. The van der Waals surface area contributed by atoms with E-state index in [-0.39, 0.29) is 0 Å². The summed E-state index contributed by atoms with van der Waals surface area (Å²) in [4.78, 5) is 11.1. The van der Waals surface area contributed by atoms with Crippen LogP contribution in [0.2, 0.25) is 0 Å². The summed E-state index contributed by atoms with van der Waals surface area (Å²) in [5, 5.41) is 9.74. The van der Waals surface area contributed by atoms with Gasteiger partial charge in [-0.2, -0.15) is 0 Å². The quantitative estimate of drug-likeness (QED) is 0.855. The van der Waals surface area contributed by atoms with E-state index < -0.39 is 5.97 Å². The van der Waals surface area contributed by atoms with E-state index in [1.165, 1.54) is 11.3 Å². The van der Waals surface area contributed by atoms with E-state index in [1.54, 1.807) is 6.07 Å². The van der Waals surface area contributed by atoms with E-state index >= 15 is 0 Å². The number of fused-ring (bicyclic) bond motifs is 1. The van der Waals surface area contributed by atoms with Crippen molar-refractivity contribution in [2.45, 2.75) is 0 Å². The van der Waals surface area contributed by atoms with Crippen LogP contribution >= 0.6 is 22.9 Å². The van der Waals surface area contributed by atoms with Gasteiger partial charge in [0.05, 0.1) is 5.88 Å². The van der Waals surface area contributed by atoms with E-state index in [0.29, 0.717) is 23.1 Å². The lowest BCUT2D eigenvalue weighted by molar-refractivity contribution is 0.0702. The highest BCUT2D eigenvalue weighted by molar-refractivity contribution is 7.20. The van der Waals surface area contributed by atoms with Crippen molar-refractivity contribution in [2.75, 3.05) is 12.5 Å². The van der Waals surface area contributed by atoms with Crippen LogP contribution in [0.25, 0.3) is 10.1 Å². The Balaban J connectivity index is 2.34. The maximum Gasteiger partial charge on any atom is 0.345 e. The van der Waals surface area contributed by atoms with Crippen LogP contribution in [0.5, 0.6) is 5.75 Å². The molecule has 0 fully saturated rings. The normalized spacial score (nSPS) is 10.6. The SMILES string of the molecule is O=C(O)c1cc2cc(OCCCl)ccc2s1. The van der Waals surface area contributed by atoms with Crippen LogP contribution in [0.3, 0.4) is 0 Å². The van der Waals surface area contributed by atoms with E-state index in [4.69, 9.17) is 21.4 Å². The molecule has 0 radical (unpaired) electrons. The lowest BCUT2D eigenvalue weighted by atomic mass is 10.2. The third-order valence-electron chi connectivity index (χ3n) is 2.04. The molecular weight excluding hydrogens is 248 g/mol. The second kappa shape index (κ2) is 4.72. The summed E-state index contributed by atoms with van der Waals surface area (Å²) in [5.74, 6) is 0.245. The fourth-order valence-corrected chi connectivity index (χ4v) is 2.33. The standard InChI is InChI=1S/C11H9ClO3S/c12-3-4-15-8-1-2-9-7(5-8)6-10(16-9)11(13)14/h1-2,5-6H,3-4H2,(H,13,14). The van der Waals surface area contributed by atoms with Gasteiger partial charge in [0.25, 0.3) is 0 Å². The lowest BCUT2D eigenvalue weighted by Crippen LogP contribution is -1.97. The van der Waals surface area contributed by atoms with E-state index in [1.807, 2.05) is 18.2 Å². The molecule has 1 heterocycles. The summed E-state index contributed by atoms with van der Waals surface area (Å²) in [6.45, 7) is 0.447. The minimum absolute atomic E-state index is 0.337. The number of aromatic carboxylic acids is 1. The van der Waals surface area contributed by atoms with Crippen LogP contribution in [0.15, 0.2) is 24.3 Å². The summed E-state index contributed by atoms with van der Waals surface area (Å²) in [6, 6.07) is 7.15. The predicted octanol–water partition coefficient (Wildman–Crippen LogP) is 3.22. The van der Waals surface area contributed by atoms with Gasteiger partial charge in [-0.05, 0) is 29.7 Å². The summed E-state index contributed by atoms with van der Waals surface area (Å²) in [6.07, 6.45) is 0. The van der Waals surface area contributed by atoms with Crippen molar-refractivity contribution in [3.05, 3.63) is 29.1 Å². The molecule has 0 saturated heterocycles. The number of benzene rings is 1. The number of thiophene rings is 1. The third kappa shape index (κ3) is 2.28. The number of alkyl halides is 1. The van der Waals surface area contributed by atoms with Crippen molar-refractivity contribution in [1.29, 1.82) is 0 Å². The van der Waals surface area contributed by atoms with Crippen LogP contribution in [-0.2, 0) is 0 Å². The van der Waals surface area contributed by atoms with Gasteiger partial charge in [-0.3, -0.25) is 0 Å². The Morgan fingerprint density at radius 1 is 1.44 bits per heavy atom. The molecule has 16 heavy (non-hydrogen) atoms. The first kappa shape index (κ1) is 11.2. The third-order valence-corrected chi connectivity index (χ3v) is 3.30. The number of halogens is 1. The fourth-order valence-electron chi connectivity index (χ4n) is 1.37. The molecule has 0 atom stereocenters. The van der Waals surface area contributed by atoms with E-state index in [0.717, 1.165) is 10.1 Å². The highest BCUT2D eigenvalue weighted by Gasteiger charge is 2.08. The Kier molecular flexibility index (Phi) is 3.31. The highest BCUT2D eigenvalue weighted by Crippen LogP contribution is 2.28. The van der Waals surface area contributed by atoms with Crippen molar-refractivity contribution in [1.82, 2.24) is 0 Å². The number of carboxylic acids is 1. The van der Waals surface area contributed by atoms with Crippen molar-refractivity contribution >= 4 is 39.0 Å². The second-order valence-electron chi connectivity index (χ2n) is 3.15. The zero-order valence-electron chi connectivity index (χ0n) is 8.27. The molecule has 0 saturated carbocycles. The van der Waals surface area contributed by atoms with Crippen LogP contribution in [-0.4, -0.2) is 23.6 Å². The van der Waals surface area contributed by atoms with Crippen molar-refractivity contribution in [2.24, 2.45) is 0 Å². The maximum atomic E-state index is 10.8. The molecule has 0 amide bonds. The van der Waals surface area contributed by atoms with Gasteiger partial charge in [0.15, 0.2) is 0 Å². The van der Waals surface area contributed by atoms with Gasteiger partial charge in [-0.1, -0.05) is 0 Å². The van der Waals surface area contributed by atoms with Gasteiger partial charge in [0.2, 0.25) is 0 Å². The molecular formula is C11H9ClO3S. The van der Waals surface area contributed by atoms with Crippen LogP contribution in [0.1, 0.15) is 9.67 Å². The van der Waals surface area contributed by atoms with Gasteiger partial charge in [-0.25, -0.2) is 4.79 Å². The Labute approximate surface area is 101 Å². The number of hydrogen-bond donors (Lipinski definition) is 1. The molecule has 2 rings (SSSR count). The molecule has 3 nitrogen and oxygen atoms in total. The summed E-state index contributed by atoms with van der Waals surface area (Å²) < 4.78 is 6.30. The fraction of sp³-hybridized carbons (Fsp3) is 0.182. The molecule has 1 aromatic carbocycles. The Morgan fingerprint density at radius 2 is 2.25 bits per heavy atom. The minimum Gasteiger partial charge on any atom is -0.492 e. The number of carbonyl (C=O) groups is 1. The first-order valence-electron chi connectivity index (χ1n) is 4.66. The second-order valence-corrected chi connectivity index (χ2v) is 4.61. The molecule has 0 aliphatic rings. The van der Waals surface area contributed by atoms with E-state index in [2.05, 4.69) is 0 Å². The average molecular weight is 257 g/mol. The van der Waals surface area contributed by atoms with Crippen molar-refractivity contribution in [3.63, 3.8) is 0 Å². The van der Waals surface area contributed by atoms with Crippen LogP contribution < -0.4 is 4.74 Å². The Hall–Kier alpha value is -1.26. The number of rotatable bonds is 4. The summed E-state index contributed by atoms with van der Waals surface area (Å²) in [5.41, 5.74) is 0. The molecule has 0 aliphatic carbocycles. The van der Waals surface area contributed by atoms with Crippen molar-refractivity contribution < 1.29 is 14.6 Å². The Morgan fingerprint density at radius 3 is 2.94 bits per heavy atom. The molecule has 0 bridgehead atoms. The topological polar surface area (TPSA) is 46.5 Å². The molecule has 0 unspecified atom stereocenters. The molecule has 1 N–H and O–H groups in total. The maximum absolute atomic E-state index is 10.8. The summed E-state index contributed by atoms with van der Waals surface area (Å²) >= 11 is 6.77. The molecule has 0 aliphatic heterocycles. The largest absolute Gasteiger partial charge is 0.492 e. The van der Waals surface area contributed by atoms with Gasteiger partial charge in [0, 0.05) is 4.70 Å². The number of carboxylic acid groups (broad SMARTS) is 1. The monoisotopic (exact) mass is 256 g/mol. The molecule has 2 aromatic rings. The predicted molar refractivity (Wildman–Crippen MR) is 65.0 cm³/mol. The zero-order chi connectivity index (χ0) is 11.5. The van der Waals surface area contributed by atoms with E-state index in [9.17, 15) is 4.79 Å². The lowest BCUT2D eigenvalue weighted by Gasteiger charge is -2.02.